The topological polar surface area (TPSA) is 38.0 Å². The average Bonchev–Trinajstić information content (AvgIpc) is 2.14. The highest BCUT2D eigenvalue weighted by atomic mass is 14.9. The molecule has 0 spiro atoms. The van der Waals surface area contributed by atoms with Gasteiger partial charge in [0.15, 0.2) is 0 Å². The molecule has 0 saturated carbocycles. The van der Waals surface area contributed by atoms with E-state index in [2.05, 4.69) is 50.4 Å². The molecule has 0 amide bonds. The number of hydrogen-bond acceptors (Lipinski definition) is 2. The molecule has 0 fully saturated rings. The van der Waals surface area contributed by atoms with Crippen molar-refractivity contribution in [3.63, 3.8) is 0 Å². The maximum absolute atomic E-state index is 6.00. The highest BCUT2D eigenvalue weighted by molar-refractivity contribution is 5.45. The van der Waals surface area contributed by atoms with E-state index in [1.54, 1.807) is 0 Å². The van der Waals surface area contributed by atoms with Gasteiger partial charge in [0, 0.05) is 18.3 Å². The Hall–Kier alpha value is -1.02. The number of nitrogens with one attached hydrogen (secondary N) is 1. The molecule has 0 aliphatic carbocycles. The molecule has 1 rings (SSSR count). The average molecular weight is 206 g/mol. The van der Waals surface area contributed by atoms with Crippen LogP contribution in [0.2, 0.25) is 0 Å². The van der Waals surface area contributed by atoms with Crippen LogP contribution >= 0.6 is 0 Å². The molecule has 1 aromatic rings. The summed E-state index contributed by atoms with van der Waals surface area (Å²) in [6, 6.07) is 8.62. The van der Waals surface area contributed by atoms with E-state index in [0.717, 1.165) is 18.7 Å². The molecule has 84 valence electrons. The molecular formula is C13H22N2. The second kappa shape index (κ2) is 5.76. The summed E-state index contributed by atoms with van der Waals surface area (Å²) in [5.41, 5.74) is 8.43. The van der Waals surface area contributed by atoms with Crippen LogP contribution in [-0.4, -0.2) is 12.6 Å². The number of aryl methyl sites for hydroxylation is 1. The minimum absolute atomic E-state index is 0.241. The Morgan fingerprint density at radius 2 is 2.07 bits per heavy atom. The van der Waals surface area contributed by atoms with E-state index in [4.69, 9.17) is 5.73 Å². The fourth-order valence-electron chi connectivity index (χ4n) is 1.69. The fraction of sp³-hybridized carbons (Fsp3) is 0.538. The minimum Gasteiger partial charge on any atom is -0.383 e. The third-order valence-electron chi connectivity index (χ3n) is 2.36. The standard InChI is InChI=1S/C13H22N2/c1-10(2)7-12(14)9-15-13-6-4-5-11(3)8-13/h4-6,8,10,12,15H,7,9,14H2,1-3H3. The molecule has 0 radical (unpaired) electrons. The van der Waals surface area contributed by atoms with Crippen molar-refractivity contribution in [3.05, 3.63) is 29.8 Å². The van der Waals surface area contributed by atoms with Crippen LogP contribution < -0.4 is 11.1 Å². The van der Waals surface area contributed by atoms with Crippen LogP contribution in [0.25, 0.3) is 0 Å². The molecule has 2 nitrogen and oxygen atoms in total. The normalized spacial score (nSPS) is 12.9. The molecule has 0 aliphatic rings. The van der Waals surface area contributed by atoms with Gasteiger partial charge < -0.3 is 11.1 Å². The van der Waals surface area contributed by atoms with E-state index in [0.29, 0.717) is 5.92 Å². The summed E-state index contributed by atoms with van der Waals surface area (Å²) in [4.78, 5) is 0. The Balaban J connectivity index is 2.36. The zero-order valence-electron chi connectivity index (χ0n) is 9.96. The highest BCUT2D eigenvalue weighted by Crippen LogP contribution is 2.10. The summed E-state index contributed by atoms with van der Waals surface area (Å²) in [7, 11) is 0. The third kappa shape index (κ3) is 4.84. The minimum atomic E-state index is 0.241. The molecule has 0 bridgehead atoms. The molecule has 1 aromatic carbocycles. The smallest absolute Gasteiger partial charge is 0.0343 e. The number of benzene rings is 1. The number of rotatable bonds is 5. The first-order valence-corrected chi connectivity index (χ1v) is 5.64. The molecule has 1 atom stereocenters. The molecule has 3 N–H and O–H groups in total. The molecule has 0 heterocycles. The van der Waals surface area contributed by atoms with Gasteiger partial charge in [-0.15, -0.1) is 0 Å². The third-order valence-corrected chi connectivity index (χ3v) is 2.36. The van der Waals surface area contributed by atoms with Crippen molar-refractivity contribution in [1.82, 2.24) is 0 Å². The number of nitrogens with two attached hydrogens (primary N) is 1. The van der Waals surface area contributed by atoms with E-state index >= 15 is 0 Å². The van der Waals surface area contributed by atoms with Gasteiger partial charge in [-0.25, -0.2) is 0 Å². The summed E-state index contributed by atoms with van der Waals surface area (Å²) in [6.07, 6.45) is 1.07. The van der Waals surface area contributed by atoms with Gasteiger partial charge in [-0.05, 0) is 37.0 Å². The van der Waals surface area contributed by atoms with Crippen LogP contribution in [0.1, 0.15) is 25.8 Å². The largest absolute Gasteiger partial charge is 0.383 e. The predicted molar refractivity (Wildman–Crippen MR) is 67.1 cm³/mol. The predicted octanol–water partition coefficient (Wildman–Crippen LogP) is 2.78. The van der Waals surface area contributed by atoms with Gasteiger partial charge in [-0.2, -0.15) is 0 Å². The van der Waals surface area contributed by atoms with Gasteiger partial charge in [0.25, 0.3) is 0 Å². The monoisotopic (exact) mass is 206 g/mol. The first kappa shape index (κ1) is 12.1. The van der Waals surface area contributed by atoms with Crippen molar-refractivity contribution in [3.8, 4) is 0 Å². The van der Waals surface area contributed by atoms with Crippen LogP contribution in [0.4, 0.5) is 5.69 Å². The molecule has 0 saturated heterocycles. The van der Waals surface area contributed by atoms with Gasteiger partial charge >= 0.3 is 0 Å². The zero-order valence-corrected chi connectivity index (χ0v) is 9.96. The Morgan fingerprint density at radius 1 is 1.33 bits per heavy atom. The summed E-state index contributed by atoms with van der Waals surface area (Å²) >= 11 is 0. The molecule has 0 aliphatic heterocycles. The Kier molecular flexibility index (Phi) is 4.63. The van der Waals surface area contributed by atoms with E-state index in [9.17, 15) is 0 Å². The zero-order chi connectivity index (χ0) is 11.3. The molecule has 1 unspecified atom stereocenters. The summed E-state index contributed by atoms with van der Waals surface area (Å²) in [6.45, 7) is 7.35. The highest BCUT2D eigenvalue weighted by Gasteiger charge is 2.04. The van der Waals surface area contributed by atoms with E-state index in [-0.39, 0.29) is 6.04 Å². The van der Waals surface area contributed by atoms with E-state index in [1.165, 1.54) is 5.56 Å². The Bertz CT molecular complexity index is 294. The summed E-state index contributed by atoms with van der Waals surface area (Å²) in [5, 5.41) is 3.37. The molecule has 15 heavy (non-hydrogen) atoms. The number of hydrogen-bond donors (Lipinski definition) is 2. The molecular weight excluding hydrogens is 184 g/mol. The van der Waals surface area contributed by atoms with Crippen LogP contribution in [0.3, 0.4) is 0 Å². The van der Waals surface area contributed by atoms with E-state index < -0.39 is 0 Å². The van der Waals surface area contributed by atoms with Crippen molar-refractivity contribution >= 4 is 5.69 Å². The van der Waals surface area contributed by atoms with Crippen molar-refractivity contribution in [2.24, 2.45) is 11.7 Å². The van der Waals surface area contributed by atoms with Crippen LogP contribution in [-0.2, 0) is 0 Å². The quantitative estimate of drug-likeness (QED) is 0.777. The van der Waals surface area contributed by atoms with Crippen LogP contribution in [0.5, 0.6) is 0 Å². The SMILES string of the molecule is Cc1cccc(NCC(N)CC(C)C)c1. The Morgan fingerprint density at radius 3 is 2.67 bits per heavy atom. The lowest BCUT2D eigenvalue weighted by atomic mass is 10.0. The van der Waals surface area contributed by atoms with Gasteiger partial charge in [-0.1, -0.05) is 26.0 Å². The second-order valence-corrected chi connectivity index (χ2v) is 4.64. The van der Waals surface area contributed by atoms with Crippen LogP contribution in [0, 0.1) is 12.8 Å². The van der Waals surface area contributed by atoms with Gasteiger partial charge in [-0.3, -0.25) is 0 Å². The lowest BCUT2D eigenvalue weighted by Crippen LogP contribution is -2.30. The molecule has 2 heteroatoms. The van der Waals surface area contributed by atoms with Gasteiger partial charge in [0.05, 0.1) is 0 Å². The first-order chi connectivity index (χ1) is 7.08. The lowest BCUT2D eigenvalue weighted by molar-refractivity contribution is 0.508. The number of anilines is 1. The molecule has 0 aromatic heterocycles. The van der Waals surface area contributed by atoms with Crippen LogP contribution in [0.15, 0.2) is 24.3 Å². The van der Waals surface area contributed by atoms with Crippen molar-refractivity contribution in [2.75, 3.05) is 11.9 Å². The second-order valence-electron chi connectivity index (χ2n) is 4.64. The Labute approximate surface area is 92.9 Å². The van der Waals surface area contributed by atoms with E-state index in [1.807, 2.05) is 0 Å². The van der Waals surface area contributed by atoms with Gasteiger partial charge in [0.1, 0.15) is 0 Å². The first-order valence-electron chi connectivity index (χ1n) is 5.64. The van der Waals surface area contributed by atoms with Gasteiger partial charge in [0.2, 0.25) is 0 Å². The summed E-state index contributed by atoms with van der Waals surface area (Å²) < 4.78 is 0. The maximum Gasteiger partial charge on any atom is 0.0343 e. The van der Waals surface area contributed by atoms with Crippen molar-refractivity contribution in [1.29, 1.82) is 0 Å². The van der Waals surface area contributed by atoms with Crippen molar-refractivity contribution < 1.29 is 0 Å². The fourth-order valence-corrected chi connectivity index (χ4v) is 1.69. The summed E-state index contributed by atoms with van der Waals surface area (Å²) in [5.74, 6) is 0.666. The maximum atomic E-state index is 6.00. The van der Waals surface area contributed by atoms with Crippen molar-refractivity contribution in [2.45, 2.75) is 33.2 Å². The lowest BCUT2D eigenvalue weighted by Gasteiger charge is -2.15.